The minimum Gasteiger partial charge on any atom is -0.497 e. The average Bonchev–Trinajstić information content (AvgIpc) is 2.90. The molecule has 36 heavy (non-hydrogen) atoms. The minimum atomic E-state index is -0.883. The van der Waals surface area contributed by atoms with E-state index in [-0.39, 0.29) is 24.5 Å². The molecule has 0 fully saturated rings. The first-order valence-electron chi connectivity index (χ1n) is 11.2. The summed E-state index contributed by atoms with van der Waals surface area (Å²) >= 11 is 0. The fourth-order valence-electron chi connectivity index (χ4n) is 3.55. The van der Waals surface area contributed by atoms with Gasteiger partial charge in [-0.3, -0.25) is 14.4 Å². The zero-order chi connectivity index (χ0) is 25.7. The Labute approximate surface area is 205 Å². The lowest BCUT2D eigenvalue weighted by molar-refractivity contribution is -0.124. The van der Waals surface area contributed by atoms with Gasteiger partial charge in [0.05, 0.1) is 25.0 Å². The molecule has 0 saturated heterocycles. The smallest absolute Gasteiger partial charge is 0.267 e. The molecule has 10 heteroatoms. The number of carbonyl (C=O) groups excluding carboxylic acids is 1. The number of ether oxygens (including phenoxy) is 1. The molecular weight excluding hydrogens is 465 g/mol. The van der Waals surface area contributed by atoms with Crippen molar-refractivity contribution in [2.24, 2.45) is 0 Å². The van der Waals surface area contributed by atoms with Gasteiger partial charge in [-0.05, 0) is 67.6 Å². The molecule has 0 spiro atoms. The summed E-state index contributed by atoms with van der Waals surface area (Å²) in [6.45, 7) is 1.79. The molecule has 9 nitrogen and oxygen atoms in total. The van der Waals surface area contributed by atoms with Crippen LogP contribution in [0, 0.1) is 5.82 Å². The number of nitrogens with one attached hydrogen (secondary N) is 1. The molecule has 0 saturated carbocycles. The fourth-order valence-corrected chi connectivity index (χ4v) is 3.55. The molecule has 2 heterocycles. The van der Waals surface area contributed by atoms with Gasteiger partial charge in [-0.25, -0.2) is 13.8 Å². The summed E-state index contributed by atoms with van der Waals surface area (Å²) in [5, 5.41) is 11.4. The van der Waals surface area contributed by atoms with Crippen LogP contribution < -0.4 is 21.2 Å². The lowest BCUT2D eigenvalue weighted by Crippen LogP contribution is -2.39. The second kappa shape index (κ2) is 10.8. The Bertz CT molecular complexity index is 1480. The van der Waals surface area contributed by atoms with Crippen molar-refractivity contribution in [1.82, 2.24) is 24.9 Å². The molecule has 4 rings (SSSR count). The number of amides is 1. The van der Waals surface area contributed by atoms with Crippen molar-refractivity contribution in [2.75, 3.05) is 13.7 Å². The van der Waals surface area contributed by atoms with Gasteiger partial charge in [-0.15, -0.1) is 0 Å². The van der Waals surface area contributed by atoms with Crippen LogP contribution in [0.2, 0.25) is 0 Å². The second-order valence-electron chi connectivity index (χ2n) is 7.98. The third kappa shape index (κ3) is 5.54. The average molecular weight is 490 g/mol. The lowest BCUT2D eigenvalue weighted by Gasteiger charge is -2.15. The number of halogens is 1. The summed E-state index contributed by atoms with van der Waals surface area (Å²) < 4.78 is 20.7. The summed E-state index contributed by atoms with van der Waals surface area (Å²) in [5.74, 6) is -0.108. The van der Waals surface area contributed by atoms with Gasteiger partial charge in [0.25, 0.3) is 11.1 Å². The number of rotatable bonds is 8. The first-order chi connectivity index (χ1) is 17.4. The molecule has 4 aromatic rings. The SMILES string of the molecule is COc1ccc(-c2ccc(=O)n(C(C)C(=O)NCCn3nc(-c4ccc(F)cc4)ccc3=O)n2)cc1. The number of carbonyl (C=O) groups is 1. The standard InChI is InChI=1S/C26H24FN5O4/c1-17(32-25(34)14-12-23(30-32)19-5-9-21(36-2)10-6-19)26(35)28-15-16-31-24(33)13-11-22(29-31)18-3-7-20(27)8-4-18/h3-14,17H,15-16H2,1-2H3,(H,28,35). The highest BCUT2D eigenvalue weighted by Crippen LogP contribution is 2.20. The van der Waals surface area contributed by atoms with Crippen molar-refractivity contribution in [1.29, 1.82) is 0 Å². The fraction of sp³-hybridized carbons (Fsp3) is 0.192. The maximum absolute atomic E-state index is 13.2. The summed E-state index contributed by atoms with van der Waals surface area (Å²) in [6, 6.07) is 17.9. The van der Waals surface area contributed by atoms with Crippen LogP contribution in [-0.2, 0) is 11.3 Å². The van der Waals surface area contributed by atoms with Crippen LogP contribution in [0.4, 0.5) is 4.39 Å². The zero-order valence-corrected chi connectivity index (χ0v) is 19.7. The van der Waals surface area contributed by atoms with E-state index in [1.54, 1.807) is 50.4 Å². The van der Waals surface area contributed by atoms with Crippen LogP contribution in [-0.4, -0.2) is 39.1 Å². The van der Waals surface area contributed by atoms with Gasteiger partial charge in [0.15, 0.2) is 0 Å². The van der Waals surface area contributed by atoms with E-state index in [9.17, 15) is 18.8 Å². The van der Waals surface area contributed by atoms with E-state index in [4.69, 9.17) is 4.74 Å². The summed E-state index contributed by atoms with van der Waals surface area (Å²) in [4.78, 5) is 37.4. The van der Waals surface area contributed by atoms with Crippen LogP contribution in [0.15, 0.2) is 82.4 Å². The van der Waals surface area contributed by atoms with Gasteiger partial charge in [-0.1, -0.05) is 0 Å². The van der Waals surface area contributed by atoms with Gasteiger partial charge in [0, 0.05) is 29.8 Å². The quantitative estimate of drug-likeness (QED) is 0.408. The maximum Gasteiger partial charge on any atom is 0.267 e. The molecule has 2 aromatic carbocycles. The second-order valence-corrected chi connectivity index (χ2v) is 7.98. The predicted octanol–water partition coefficient (Wildman–Crippen LogP) is 2.66. The Balaban J connectivity index is 1.43. The molecule has 1 unspecified atom stereocenters. The van der Waals surface area contributed by atoms with Crippen molar-refractivity contribution in [3.8, 4) is 28.3 Å². The van der Waals surface area contributed by atoms with Gasteiger partial charge >= 0.3 is 0 Å². The number of nitrogens with zero attached hydrogens (tertiary/aromatic N) is 4. The molecule has 1 atom stereocenters. The Morgan fingerprint density at radius 3 is 2.11 bits per heavy atom. The predicted molar refractivity (Wildman–Crippen MR) is 132 cm³/mol. The van der Waals surface area contributed by atoms with E-state index < -0.39 is 17.5 Å². The van der Waals surface area contributed by atoms with Crippen molar-refractivity contribution in [2.45, 2.75) is 19.5 Å². The third-order valence-corrected chi connectivity index (χ3v) is 5.59. The van der Waals surface area contributed by atoms with Crippen molar-refractivity contribution >= 4 is 5.91 Å². The normalized spacial score (nSPS) is 11.6. The molecule has 184 valence electrons. The number of aromatic nitrogens is 4. The van der Waals surface area contributed by atoms with Gasteiger partial charge in [0.1, 0.15) is 17.6 Å². The summed E-state index contributed by atoms with van der Waals surface area (Å²) in [6.07, 6.45) is 0. The maximum atomic E-state index is 13.2. The third-order valence-electron chi connectivity index (χ3n) is 5.59. The highest BCUT2D eigenvalue weighted by atomic mass is 19.1. The van der Waals surface area contributed by atoms with E-state index in [1.165, 1.54) is 28.9 Å². The van der Waals surface area contributed by atoms with Crippen molar-refractivity contribution in [3.05, 3.63) is 99.3 Å². The minimum absolute atomic E-state index is 0.107. The first-order valence-corrected chi connectivity index (χ1v) is 11.2. The zero-order valence-electron chi connectivity index (χ0n) is 19.7. The van der Waals surface area contributed by atoms with Crippen LogP contribution in [0.3, 0.4) is 0 Å². The Kier molecular flexibility index (Phi) is 7.33. The van der Waals surface area contributed by atoms with Crippen molar-refractivity contribution < 1.29 is 13.9 Å². The molecule has 0 aliphatic rings. The summed E-state index contributed by atoms with van der Waals surface area (Å²) in [7, 11) is 1.57. The van der Waals surface area contributed by atoms with Crippen LogP contribution in [0.5, 0.6) is 5.75 Å². The first kappa shape index (κ1) is 24.5. The number of benzene rings is 2. The topological polar surface area (TPSA) is 108 Å². The van der Waals surface area contributed by atoms with Gasteiger partial charge in [-0.2, -0.15) is 10.2 Å². The number of hydrogen-bond acceptors (Lipinski definition) is 6. The molecule has 0 aliphatic heterocycles. The Morgan fingerprint density at radius 1 is 0.889 bits per heavy atom. The van der Waals surface area contributed by atoms with Crippen LogP contribution in [0.25, 0.3) is 22.5 Å². The Morgan fingerprint density at radius 2 is 1.47 bits per heavy atom. The largest absolute Gasteiger partial charge is 0.497 e. The van der Waals surface area contributed by atoms with Crippen LogP contribution >= 0.6 is 0 Å². The van der Waals surface area contributed by atoms with E-state index in [2.05, 4.69) is 15.5 Å². The number of methoxy groups -OCH3 is 1. The van der Waals surface area contributed by atoms with E-state index >= 15 is 0 Å². The van der Waals surface area contributed by atoms with Crippen LogP contribution in [0.1, 0.15) is 13.0 Å². The number of hydrogen-bond donors (Lipinski definition) is 1. The monoisotopic (exact) mass is 489 g/mol. The molecule has 0 aliphatic carbocycles. The molecule has 0 radical (unpaired) electrons. The van der Waals surface area contributed by atoms with E-state index in [0.717, 1.165) is 10.2 Å². The van der Waals surface area contributed by atoms with E-state index in [1.807, 2.05) is 12.1 Å². The lowest BCUT2D eigenvalue weighted by atomic mass is 10.1. The van der Waals surface area contributed by atoms with Crippen molar-refractivity contribution in [3.63, 3.8) is 0 Å². The molecule has 2 aromatic heterocycles. The van der Waals surface area contributed by atoms with Gasteiger partial charge in [0.2, 0.25) is 5.91 Å². The molecular formula is C26H24FN5O4. The van der Waals surface area contributed by atoms with E-state index in [0.29, 0.717) is 22.7 Å². The van der Waals surface area contributed by atoms with Gasteiger partial charge < -0.3 is 10.1 Å². The Hall–Kier alpha value is -4.60. The highest BCUT2D eigenvalue weighted by Gasteiger charge is 2.18. The molecule has 0 bridgehead atoms. The molecule has 1 amide bonds. The molecule has 1 N–H and O–H groups in total. The highest BCUT2D eigenvalue weighted by molar-refractivity contribution is 5.79. The summed E-state index contributed by atoms with van der Waals surface area (Å²) in [5.41, 5.74) is 1.70.